The third-order valence-corrected chi connectivity index (χ3v) is 3.90. The van der Waals surface area contributed by atoms with Gasteiger partial charge in [-0.25, -0.2) is 0 Å². The van der Waals surface area contributed by atoms with E-state index in [9.17, 15) is 9.59 Å². The summed E-state index contributed by atoms with van der Waals surface area (Å²) in [6.07, 6.45) is 3.43. The SMILES string of the molecule is NC(=O)C1CCC(NC(=O)Cc2ccccc2N)CC1. The number of primary amides is 1. The molecule has 1 aliphatic carbocycles. The molecule has 0 spiro atoms. The lowest BCUT2D eigenvalue weighted by Gasteiger charge is -2.27. The van der Waals surface area contributed by atoms with Crippen molar-refractivity contribution < 1.29 is 9.59 Å². The van der Waals surface area contributed by atoms with Crippen LogP contribution < -0.4 is 16.8 Å². The molecule has 2 amide bonds. The van der Waals surface area contributed by atoms with Crippen molar-refractivity contribution in [3.63, 3.8) is 0 Å². The first-order valence-electron chi connectivity index (χ1n) is 6.98. The van der Waals surface area contributed by atoms with E-state index in [1.54, 1.807) is 6.07 Å². The normalized spacial score (nSPS) is 22.2. The maximum absolute atomic E-state index is 12.0. The molecule has 0 aromatic heterocycles. The van der Waals surface area contributed by atoms with Crippen molar-refractivity contribution in [3.8, 4) is 0 Å². The molecule has 0 bridgehead atoms. The van der Waals surface area contributed by atoms with Crippen LogP contribution in [0, 0.1) is 5.92 Å². The Labute approximate surface area is 118 Å². The van der Waals surface area contributed by atoms with Crippen molar-refractivity contribution in [2.24, 2.45) is 11.7 Å². The van der Waals surface area contributed by atoms with Gasteiger partial charge in [-0.1, -0.05) is 18.2 Å². The number of anilines is 1. The fraction of sp³-hybridized carbons (Fsp3) is 0.467. The molecule has 5 nitrogen and oxygen atoms in total. The fourth-order valence-electron chi connectivity index (χ4n) is 2.67. The van der Waals surface area contributed by atoms with Gasteiger partial charge in [0.25, 0.3) is 0 Å². The Kier molecular flexibility index (Phi) is 4.61. The summed E-state index contributed by atoms with van der Waals surface area (Å²) in [6, 6.07) is 7.52. The molecule has 1 saturated carbocycles. The molecule has 1 aromatic carbocycles. The minimum atomic E-state index is -0.230. The van der Waals surface area contributed by atoms with Gasteiger partial charge in [-0.3, -0.25) is 9.59 Å². The van der Waals surface area contributed by atoms with Crippen LogP contribution in [0.15, 0.2) is 24.3 Å². The smallest absolute Gasteiger partial charge is 0.224 e. The van der Waals surface area contributed by atoms with Gasteiger partial charge in [0.15, 0.2) is 0 Å². The zero-order chi connectivity index (χ0) is 14.5. The van der Waals surface area contributed by atoms with Gasteiger partial charge in [0.2, 0.25) is 11.8 Å². The summed E-state index contributed by atoms with van der Waals surface area (Å²) < 4.78 is 0. The predicted octanol–water partition coefficient (Wildman–Crippen LogP) is 0.972. The Bertz CT molecular complexity index is 494. The minimum absolute atomic E-state index is 0.0228. The summed E-state index contributed by atoms with van der Waals surface area (Å²) in [5.41, 5.74) is 12.6. The van der Waals surface area contributed by atoms with E-state index in [0.29, 0.717) is 12.1 Å². The molecule has 1 fully saturated rings. The van der Waals surface area contributed by atoms with Crippen molar-refractivity contribution >= 4 is 17.5 Å². The summed E-state index contributed by atoms with van der Waals surface area (Å²) in [6.45, 7) is 0. The summed E-state index contributed by atoms with van der Waals surface area (Å²) >= 11 is 0. The molecule has 5 heteroatoms. The van der Waals surface area contributed by atoms with Gasteiger partial charge in [-0.05, 0) is 37.3 Å². The molecule has 0 radical (unpaired) electrons. The zero-order valence-electron chi connectivity index (χ0n) is 11.5. The first-order valence-corrected chi connectivity index (χ1v) is 6.98. The maximum Gasteiger partial charge on any atom is 0.224 e. The van der Waals surface area contributed by atoms with E-state index in [2.05, 4.69) is 5.32 Å². The lowest BCUT2D eigenvalue weighted by Crippen LogP contribution is -2.40. The molecule has 1 aromatic rings. The van der Waals surface area contributed by atoms with Gasteiger partial charge in [-0.15, -0.1) is 0 Å². The molecule has 108 valence electrons. The highest BCUT2D eigenvalue weighted by Gasteiger charge is 2.25. The third-order valence-electron chi connectivity index (χ3n) is 3.90. The molecule has 0 atom stereocenters. The Morgan fingerprint density at radius 1 is 1.15 bits per heavy atom. The summed E-state index contributed by atoms with van der Waals surface area (Å²) in [4.78, 5) is 23.1. The van der Waals surface area contributed by atoms with Crippen LogP contribution in [0.25, 0.3) is 0 Å². The van der Waals surface area contributed by atoms with Gasteiger partial charge in [0, 0.05) is 17.6 Å². The van der Waals surface area contributed by atoms with E-state index in [1.807, 2.05) is 18.2 Å². The molecule has 1 aliphatic rings. The Balaban J connectivity index is 1.81. The van der Waals surface area contributed by atoms with Gasteiger partial charge < -0.3 is 16.8 Å². The Hall–Kier alpha value is -2.04. The van der Waals surface area contributed by atoms with Crippen LogP contribution in [0.4, 0.5) is 5.69 Å². The second-order valence-corrected chi connectivity index (χ2v) is 5.39. The number of hydrogen-bond acceptors (Lipinski definition) is 3. The van der Waals surface area contributed by atoms with Gasteiger partial charge in [-0.2, -0.15) is 0 Å². The topological polar surface area (TPSA) is 98.2 Å². The van der Waals surface area contributed by atoms with Crippen LogP contribution in [0.1, 0.15) is 31.2 Å². The highest BCUT2D eigenvalue weighted by Crippen LogP contribution is 2.24. The van der Waals surface area contributed by atoms with E-state index < -0.39 is 0 Å². The largest absolute Gasteiger partial charge is 0.398 e. The first kappa shape index (κ1) is 14.4. The summed E-state index contributed by atoms with van der Waals surface area (Å²) in [7, 11) is 0. The average Bonchev–Trinajstić information content (AvgIpc) is 2.42. The molecule has 0 heterocycles. The fourth-order valence-corrected chi connectivity index (χ4v) is 2.67. The quantitative estimate of drug-likeness (QED) is 0.714. The lowest BCUT2D eigenvalue weighted by molar-refractivity contribution is -0.123. The number of para-hydroxylation sites is 1. The second-order valence-electron chi connectivity index (χ2n) is 5.39. The van der Waals surface area contributed by atoms with E-state index in [4.69, 9.17) is 11.5 Å². The van der Waals surface area contributed by atoms with Gasteiger partial charge in [0.1, 0.15) is 0 Å². The number of amides is 2. The molecule has 5 N–H and O–H groups in total. The van der Waals surface area contributed by atoms with Crippen LogP contribution in [0.5, 0.6) is 0 Å². The van der Waals surface area contributed by atoms with Crippen molar-refractivity contribution in [2.45, 2.75) is 38.1 Å². The van der Waals surface area contributed by atoms with E-state index in [0.717, 1.165) is 31.2 Å². The van der Waals surface area contributed by atoms with Crippen molar-refractivity contribution in [2.75, 3.05) is 5.73 Å². The Morgan fingerprint density at radius 2 is 1.80 bits per heavy atom. The van der Waals surface area contributed by atoms with Crippen molar-refractivity contribution in [3.05, 3.63) is 29.8 Å². The van der Waals surface area contributed by atoms with Crippen LogP contribution in [0.3, 0.4) is 0 Å². The van der Waals surface area contributed by atoms with E-state index in [-0.39, 0.29) is 23.8 Å². The Morgan fingerprint density at radius 3 is 2.40 bits per heavy atom. The predicted molar refractivity (Wildman–Crippen MR) is 77.6 cm³/mol. The zero-order valence-corrected chi connectivity index (χ0v) is 11.5. The molecule has 0 aliphatic heterocycles. The van der Waals surface area contributed by atoms with E-state index in [1.165, 1.54) is 0 Å². The number of nitrogens with two attached hydrogens (primary N) is 2. The van der Waals surface area contributed by atoms with Gasteiger partial charge >= 0.3 is 0 Å². The standard InChI is InChI=1S/C15H21N3O2/c16-13-4-2-1-3-11(13)9-14(19)18-12-7-5-10(6-8-12)15(17)20/h1-4,10,12H,5-9,16H2,(H2,17,20)(H,18,19). The highest BCUT2D eigenvalue weighted by molar-refractivity contribution is 5.80. The third kappa shape index (κ3) is 3.73. The first-order chi connectivity index (χ1) is 9.56. The number of benzene rings is 1. The number of carbonyl (C=O) groups is 2. The number of carbonyl (C=O) groups excluding carboxylic acids is 2. The molecule has 2 rings (SSSR count). The summed E-state index contributed by atoms with van der Waals surface area (Å²) in [5, 5.41) is 3.01. The van der Waals surface area contributed by atoms with Gasteiger partial charge in [0.05, 0.1) is 6.42 Å². The van der Waals surface area contributed by atoms with Crippen molar-refractivity contribution in [1.29, 1.82) is 0 Å². The number of hydrogen-bond donors (Lipinski definition) is 3. The molecular formula is C15H21N3O2. The number of nitrogen functional groups attached to an aromatic ring is 1. The highest BCUT2D eigenvalue weighted by atomic mass is 16.2. The lowest BCUT2D eigenvalue weighted by atomic mass is 9.85. The molecule has 0 saturated heterocycles. The molecule has 0 unspecified atom stereocenters. The van der Waals surface area contributed by atoms with Crippen LogP contribution in [0.2, 0.25) is 0 Å². The monoisotopic (exact) mass is 275 g/mol. The van der Waals surface area contributed by atoms with Crippen LogP contribution in [-0.2, 0) is 16.0 Å². The van der Waals surface area contributed by atoms with Crippen molar-refractivity contribution in [1.82, 2.24) is 5.32 Å². The van der Waals surface area contributed by atoms with Crippen LogP contribution in [-0.4, -0.2) is 17.9 Å². The van der Waals surface area contributed by atoms with E-state index >= 15 is 0 Å². The average molecular weight is 275 g/mol. The molecular weight excluding hydrogens is 254 g/mol. The summed E-state index contributed by atoms with van der Waals surface area (Å²) in [5.74, 6) is -0.287. The number of nitrogens with one attached hydrogen (secondary N) is 1. The minimum Gasteiger partial charge on any atom is -0.398 e. The number of rotatable bonds is 4. The van der Waals surface area contributed by atoms with Crippen LogP contribution >= 0.6 is 0 Å². The molecule has 20 heavy (non-hydrogen) atoms. The maximum atomic E-state index is 12.0. The second kappa shape index (κ2) is 6.41.